The molecule has 0 unspecified atom stereocenters. The highest BCUT2D eigenvalue weighted by atomic mass is 127. The molecule has 0 aliphatic heterocycles. The predicted octanol–water partition coefficient (Wildman–Crippen LogP) is 3.26. The Morgan fingerprint density at radius 2 is 1.93 bits per heavy atom. The molecule has 3 N–H and O–H groups in total. The van der Waals surface area contributed by atoms with Gasteiger partial charge in [-0.3, -0.25) is 14.5 Å². The molecule has 0 radical (unpaired) electrons. The van der Waals surface area contributed by atoms with Crippen molar-refractivity contribution in [1.82, 2.24) is 20.4 Å². The summed E-state index contributed by atoms with van der Waals surface area (Å²) in [7, 11) is 3.70. The standard InChI is InChI=1S/C20H30N6O.HI/c1-6-8-19(27)24-17-10-7-9-16(11-17)12-22-20(21-4)23-13-18-14(2)25-26(5)15(18)3;/h7,9-11H,6,8,12-13H2,1-5H3,(H,24,27)(H2,21,22,23);1H. The van der Waals surface area contributed by atoms with Crippen molar-refractivity contribution in [3.63, 3.8) is 0 Å². The Labute approximate surface area is 184 Å². The van der Waals surface area contributed by atoms with E-state index in [-0.39, 0.29) is 29.9 Å². The molecule has 0 bridgehead atoms. The summed E-state index contributed by atoms with van der Waals surface area (Å²) in [6.07, 6.45) is 1.37. The summed E-state index contributed by atoms with van der Waals surface area (Å²) < 4.78 is 1.89. The van der Waals surface area contributed by atoms with Gasteiger partial charge in [-0.2, -0.15) is 5.10 Å². The third kappa shape index (κ3) is 6.81. The van der Waals surface area contributed by atoms with Crippen LogP contribution in [-0.2, 0) is 24.9 Å². The van der Waals surface area contributed by atoms with Gasteiger partial charge in [-0.05, 0) is 38.0 Å². The highest BCUT2D eigenvalue weighted by Crippen LogP contribution is 2.12. The fourth-order valence-corrected chi connectivity index (χ4v) is 2.86. The van der Waals surface area contributed by atoms with Crippen LogP contribution in [-0.4, -0.2) is 28.7 Å². The highest BCUT2D eigenvalue weighted by molar-refractivity contribution is 14.0. The van der Waals surface area contributed by atoms with E-state index in [9.17, 15) is 4.79 Å². The van der Waals surface area contributed by atoms with E-state index in [1.54, 1.807) is 7.05 Å². The second-order valence-corrected chi connectivity index (χ2v) is 6.55. The van der Waals surface area contributed by atoms with Gasteiger partial charge >= 0.3 is 0 Å². The fraction of sp³-hybridized carbons (Fsp3) is 0.450. The van der Waals surface area contributed by atoms with Crippen LogP contribution in [0.3, 0.4) is 0 Å². The Morgan fingerprint density at radius 3 is 2.54 bits per heavy atom. The minimum absolute atomic E-state index is 0. The number of anilines is 1. The molecular formula is C20H31IN6O. The predicted molar refractivity (Wildman–Crippen MR) is 125 cm³/mol. The van der Waals surface area contributed by atoms with Gasteiger partial charge in [0.1, 0.15) is 0 Å². The zero-order valence-corrected chi connectivity index (χ0v) is 19.6. The Balaban J connectivity index is 0.00000392. The molecule has 0 saturated heterocycles. The Kier molecular flexibility index (Phi) is 9.98. The second kappa shape index (κ2) is 11.7. The molecule has 1 amide bonds. The number of aryl methyl sites for hydroxylation is 2. The number of carbonyl (C=O) groups excluding carboxylic acids is 1. The van der Waals surface area contributed by atoms with Gasteiger partial charge < -0.3 is 16.0 Å². The summed E-state index contributed by atoms with van der Waals surface area (Å²) in [5.74, 6) is 0.764. The van der Waals surface area contributed by atoms with Crippen molar-refractivity contribution < 1.29 is 4.79 Å². The van der Waals surface area contributed by atoms with Gasteiger partial charge in [0.05, 0.1) is 5.69 Å². The SMILES string of the molecule is CCCC(=O)Nc1cccc(CNC(=NC)NCc2c(C)nn(C)c2C)c1.I. The fourth-order valence-electron chi connectivity index (χ4n) is 2.86. The molecule has 1 aromatic heterocycles. The van der Waals surface area contributed by atoms with Crippen LogP contribution in [0, 0.1) is 13.8 Å². The number of halogens is 1. The molecule has 0 aliphatic rings. The molecular weight excluding hydrogens is 467 g/mol. The smallest absolute Gasteiger partial charge is 0.224 e. The summed E-state index contributed by atoms with van der Waals surface area (Å²) in [4.78, 5) is 16.0. The van der Waals surface area contributed by atoms with Gasteiger partial charge in [0, 0.05) is 50.6 Å². The zero-order chi connectivity index (χ0) is 19.8. The summed E-state index contributed by atoms with van der Waals surface area (Å²) in [5.41, 5.74) is 5.24. The van der Waals surface area contributed by atoms with Crippen LogP contribution in [0.4, 0.5) is 5.69 Å². The zero-order valence-electron chi connectivity index (χ0n) is 17.3. The molecule has 28 heavy (non-hydrogen) atoms. The normalized spacial score (nSPS) is 11.0. The van der Waals surface area contributed by atoms with Crippen LogP contribution < -0.4 is 16.0 Å². The van der Waals surface area contributed by atoms with Crippen molar-refractivity contribution in [2.75, 3.05) is 12.4 Å². The van der Waals surface area contributed by atoms with Gasteiger partial charge in [-0.25, -0.2) is 0 Å². The van der Waals surface area contributed by atoms with E-state index < -0.39 is 0 Å². The molecule has 7 nitrogen and oxygen atoms in total. The van der Waals surface area contributed by atoms with Crippen LogP contribution >= 0.6 is 24.0 Å². The summed E-state index contributed by atoms with van der Waals surface area (Å²) >= 11 is 0. The number of rotatable bonds is 7. The van der Waals surface area contributed by atoms with Gasteiger partial charge in [-0.1, -0.05) is 19.1 Å². The third-order valence-electron chi connectivity index (χ3n) is 4.46. The van der Waals surface area contributed by atoms with E-state index in [0.29, 0.717) is 19.5 Å². The van der Waals surface area contributed by atoms with E-state index in [1.807, 2.05) is 49.8 Å². The minimum atomic E-state index is 0. The number of nitrogens with one attached hydrogen (secondary N) is 3. The largest absolute Gasteiger partial charge is 0.352 e. The summed E-state index contributed by atoms with van der Waals surface area (Å²) in [5, 5.41) is 14.0. The lowest BCUT2D eigenvalue weighted by Gasteiger charge is -2.13. The maximum absolute atomic E-state index is 11.8. The first-order chi connectivity index (χ1) is 12.9. The lowest BCUT2D eigenvalue weighted by molar-refractivity contribution is -0.116. The maximum Gasteiger partial charge on any atom is 0.224 e. The minimum Gasteiger partial charge on any atom is -0.352 e. The maximum atomic E-state index is 11.8. The number of benzene rings is 1. The lowest BCUT2D eigenvalue weighted by atomic mass is 10.2. The molecule has 0 spiro atoms. The van der Waals surface area contributed by atoms with E-state index in [4.69, 9.17) is 0 Å². The number of aromatic nitrogens is 2. The molecule has 8 heteroatoms. The topological polar surface area (TPSA) is 83.3 Å². The third-order valence-corrected chi connectivity index (χ3v) is 4.46. The average Bonchev–Trinajstić information content (AvgIpc) is 2.88. The number of nitrogens with zero attached hydrogens (tertiary/aromatic N) is 3. The van der Waals surface area contributed by atoms with Crippen LogP contribution in [0.25, 0.3) is 0 Å². The molecule has 0 saturated carbocycles. The van der Waals surface area contributed by atoms with Crippen molar-refractivity contribution in [1.29, 1.82) is 0 Å². The van der Waals surface area contributed by atoms with Crippen molar-refractivity contribution in [2.24, 2.45) is 12.0 Å². The molecule has 2 aromatic rings. The monoisotopic (exact) mass is 498 g/mol. The van der Waals surface area contributed by atoms with Crippen molar-refractivity contribution in [2.45, 2.75) is 46.7 Å². The molecule has 1 aromatic carbocycles. The average molecular weight is 498 g/mol. The summed E-state index contributed by atoms with van der Waals surface area (Å²) in [6.45, 7) is 7.34. The molecule has 0 aliphatic carbocycles. The molecule has 0 fully saturated rings. The first kappa shape index (κ1) is 23.9. The van der Waals surface area contributed by atoms with Crippen LogP contribution in [0.15, 0.2) is 29.3 Å². The number of carbonyl (C=O) groups is 1. The van der Waals surface area contributed by atoms with Gasteiger partial charge in [0.2, 0.25) is 5.91 Å². The Bertz CT molecular complexity index is 815. The van der Waals surface area contributed by atoms with Crippen molar-refractivity contribution >= 4 is 41.5 Å². The van der Waals surface area contributed by atoms with Crippen LogP contribution in [0.2, 0.25) is 0 Å². The van der Waals surface area contributed by atoms with Crippen molar-refractivity contribution in [3.8, 4) is 0 Å². The second-order valence-electron chi connectivity index (χ2n) is 6.55. The van der Waals surface area contributed by atoms with Crippen LogP contribution in [0.5, 0.6) is 0 Å². The number of amides is 1. The van der Waals surface area contributed by atoms with E-state index in [0.717, 1.165) is 35.0 Å². The number of aliphatic imine (C=N–C) groups is 1. The lowest BCUT2D eigenvalue weighted by Crippen LogP contribution is -2.36. The van der Waals surface area contributed by atoms with Gasteiger partial charge in [0.25, 0.3) is 0 Å². The first-order valence-electron chi connectivity index (χ1n) is 9.27. The molecule has 154 valence electrons. The first-order valence-corrected chi connectivity index (χ1v) is 9.27. The number of hydrogen-bond acceptors (Lipinski definition) is 3. The molecule has 2 rings (SSSR count). The number of hydrogen-bond donors (Lipinski definition) is 3. The van der Waals surface area contributed by atoms with E-state index in [1.165, 1.54) is 5.56 Å². The van der Waals surface area contributed by atoms with Gasteiger partial charge in [-0.15, -0.1) is 24.0 Å². The Hall–Kier alpha value is -2.10. The highest BCUT2D eigenvalue weighted by Gasteiger charge is 2.10. The van der Waals surface area contributed by atoms with Crippen molar-refractivity contribution in [3.05, 3.63) is 46.8 Å². The summed E-state index contributed by atoms with van der Waals surface area (Å²) in [6, 6.07) is 7.84. The van der Waals surface area contributed by atoms with E-state index in [2.05, 4.69) is 33.0 Å². The molecule has 0 atom stereocenters. The Morgan fingerprint density at radius 1 is 1.21 bits per heavy atom. The van der Waals surface area contributed by atoms with Gasteiger partial charge in [0.15, 0.2) is 5.96 Å². The number of guanidine groups is 1. The molecule has 1 heterocycles. The van der Waals surface area contributed by atoms with Crippen LogP contribution in [0.1, 0.15) is 42.3 Å². The van der Waals surface area contributed by atoms with E-state index >= 15 is 0 Å². The quantitative estimate of drug-likeness (QED) is 0.311.